The number of carbonyl (C=O) groups excluding carboxylic acids is 1. The van der Waals surface area contributed by atoms with Crippen LogP contribution < -0.4 is 10.1 Å². The number of methoxy groups -OCH3 is 1. The number of thiazole rings is 1. The van der Waals surface area contributed by atoms with Crippen molar-refractivity contribution in [1.29, 1.82) is 0 Å². The molecule has 1 aromatic carbocycles. The Bertz CT molecular complexity index is 937. The second kappa shape index (κ2) is 8.32. The molecule has 3 heterocycles. The maximum absolute atomic E-state index is 11.8. The van der Waals surface area contributed by atoms with Crippen LogP contribution in [0.2, 0.25) is 0 Å². The normalized spacial score (nSPS) is 18.9. The van der Waals surface area contributed by atoms with Gasteiger partial charge in [-0.1, -0.05) is 0 Å². The van der Waals surface area contributed by atoms with E-state index in [2.05, 4.69) is 32.4 Å². The molecule has 1 fully saturated rings. The van der Waals surface area contributed by atoms with Crippen molar-refractivity contribution in [2.24, 2.45) is 5.92 Å². The molecule has 0 saturated carbocycles. The summed E-state index contributed by atoms with van der Waals surface area (Å²) in [6.07, 6.45) is 6.14. The second-order valence-electron chi connectivity index (χ2n) is 7.41. The third kappa shape index (κ3) is 4.05. The lowest BCUT2D eigenvalue weighted by atomic mass is 9.90. The minimum atomic E-state index is -0.00692. The molecule has 1 saturated heterocycles. The fraction of sp³-hybridized carbons (Fsp3) is 0.429. The zero-order valence-electron chi connectivity index (χ0n) is 16.3. The standard InChI is InChI=1S/C21H26N4O2S/c1-14(26)24-20(21-22-7-9-28-21)15-4-3-8-25(12-15)13-16-11-23-19-10-17(27-2)5-6-18(16)19/h5-7,9-11,15,20,23H,3-4,8,12-13H2,1-2H3,(H,24,26)/t15-,20-/m1/s1. The third-order valence-electron chi connectivity index (χ3n) is 5.46. The number of hydrogen-bond donors (Lipinski definition) is 2. The first kappa shape index (κ1) is 19.0. The van der Waals surface area contributed by atoms with E-state index in [-0.39, 0.29) is 11.9 Å². The molecule has 1 aliphatic rings. The summed E-state index contributed by atoms with van der Waals surface area (Å²) in [6.45, 7) is 4.51. The van der Waals surface area contributed by atoms with Crippen molar-refractivity contribution in [2.45, 2.75) is 32.4 Å². The largest absolute Gasteiger partial charge is 0.497 e. The summed E-state index contributed by atoms with van der Waals surface area (Å²) < 4.78 is 5.32. The Morgan fingerprint density at radius 1 is 1.50 bits per heavy atom. The van der Waals surface area contributed by atoms with E-state index < -0.39 is 0 Å². The number of aromatic amines is 1. The fourth-order valence-corrected chi connectivity index (χ4v) is 4.94. The van der Waals surface area contributed by atoms with Crippen LogP contribution in [0.25, 0.3) is 10.9 Å². The van der Waals surface area contributed by atoms with Gasteiger partial charge < -0.3 is 15.0 Å². The van der Waals surface area contributed by atoms with E-state index >= 15 is 0 Å². The van der Waals surface area contributed by atoms with E-state index in [1.165, 1.54) is 10.9 Å². The molecule has 0 bridgehead atoms. The van der Waals surface area contributed by atoms with Crippen molar-refractivity contribution in [3.8, 4) is 5.75 Å². The van der Waals surface area contributed by atoms with Crippen LogP contribution in [0.1, 0.15) is 36.4 Å². The zero-order chi connectivity index (χ0) is 19.5. The lowest BCUT2D eigenvalue weighted by molar-refractivity contribution is -0.120. The number of amides is 1. The van der Waals surface area contributed by atoms with Crippen LogP contribution in [0, 0.1) is 5.92 Å². The lowest BCUT2D eigenvalue weighted by Gasteiger charge is -2.36. The number of aromatic nitrogens is 2. The Hall–Kier alpha value is -2.38. The highest BCUT2D eigenvalue weighted by molar-refractivity contribution is 7.09. The van der Waals surface area contributed by atoms with E-state index in [0.29, 0.717) is 5.92 Å². The number of rotatable bonds is 6. The Balaban J connectivity index is 1.50. The summed E-state index contributed by atoms with van der Waals surface area (Å²) >= 11 is 1.62. The van der Waals surface area contributed by atoms with E-state index in [4.69, 9.17) is 4.74 Å². The third-order valence-corrected chi connectivity index (χ3v) is 6.32. The quantitative estimate of drug-likeness (QED) is 0.664. The SMILES string of the molecule is COc1ccc2c(CN3CCC[C@@H]([C@@H](NC(C)=O)c4nccs4)C3)c[nH]c2c1. The van der Waals surface area contributed by atoms with Gasteiger partial charge in [0.2, 0.25) is 5.91 Å². The molecule has 2 aromatic heterocycles. The van der Waals surface area contributed by atoms with Crippen LogP contribution in [0.4, 0.5) is 0 Å². The first-order chi connectivity index (χ1) is 13.6. The predicted octanol–water partition coefficient (Wildman–Crippen LogP) is 3.72. The van der Waals surface area contributed by atoms with Crippen molar-refractivity contribution >= 4 is 28.1 Å². The van der Waals surface area contributed by atoms with Crippen molar-refractivity contribution in [2.75, 3.05) is 20.2 Å². The van der Waals surface area contributed by atoms with Crippen LogP contribution in [0.5, 0.6) is 5.75 Å². The minimum Gasteiger partial charge on any atom is -0.497 e. The van der Waals surface area contributed by atoms with E-state index in [1.54, 1.807) is 25.4 Å². The van der Waals surface area contributed by atoms with Gasteiger partial charge in [0.1, 0.15) is 10.8 Å². The highest BCUT2D eigenvalue weighted by atomic mass is 32.1. The maximum Gasteiger partial charge on any atom is 0.217 e. The number of likely N-dealkylation sites (tertiary alicyclic amines) is 1. The number of piperidine rings is 1. The van der Waals surface area contributed by atoms with Crippen LogP contribution in [0.3, 0.4) is 0 Å². The summed E-state index contributed by atoms with van der Waals surface area (Å²) in [6, 6.07) is 6.16. The Labute approximate surface area is 168 Å². The molecular weight excluding hydrogens is 372 g/mol. The van der Waals surface area contributed by atoms with Crippen LogP contribution in [-0.4, -0.2) is 41.0 Å². The molecule has 7 heteroatoms. The number of carbonyl (C=O) groups is 1. The second-order valence-corrected chi connectivity index (χ2v) is 8.34. The van der Waals surface area contributed by atoms with Gasteiger partial charge in [-0.2, -0.15) is 0 Å². The summed E-state index contributed by atoms with van der Waals surface area (Å²) in [5.74, 6) is 1.23. The molecule has 2 atom stereocenters. The smallest absolute Gasteiger partial charge is 0.217 e. The molecular formula is C21H26N4O2S. The van der Waals surface area contributed by atoms with Crippen LogP contribution >= 0.6 is 11.3 Å². The highest BCUT2D eigenvalue weighted by Gasteiger charge is 2.30. The molecule has 0 aliphatic carbocycles. The van der Waals surface area contributed by atoms with E-state index in [1.807, 2.05) is 23.7 Å². The number of hydrogen-bond acceptors (Lipinski definition) is 5. The molecule has 1 aliphatic heterocycles. The average Bonchev–Trinajstić information content (AvgIpc) is 3.36. The van der Waals surface area contributed by atoms with Gasteiger partial charge >= 0.3 is 0 Å². The van der Waals surface area contributed by atoms with Crippen molar-refractivity contribution in [1.82, 2.24) is 20.2 Å². The molecule has 0 spiro atoms. The van der Waals surface area contributed by atoms with Crippen molar-refractivity contribution in [3.63, 3.8) is 0 Å². The topological polar surface area (TPSA) is 70.2 Å². The number of benzene rings is 1. The fourth-order valence-electron chi connectivity index (χ4n) is 4.16. The van der Waals surface area contributed by atoms with Gasteiger partial charge in [-0.25, -0.2) is 4.98 Å². The number of ether oxygens (including phenoxy) is 1. The minimum absolute atomic E-state index is 0.00268. The van der Waals surface area contributed by atoms with Gasteiger partial charge in [0, 0.05) is 54.8 Å². The zero-order valence-corrected chi connectivity index (χ0v) is 17.1. The predicted molar refractivity (Wildman–Crippen MR) is 112 cm³/mol. The Morgan fingerprint density at radius 2 is 2.39 bits per heavy atom. The van der Waals surface area contributed by atoms with E-state index in [0.717, 1.165) is 48.7 Å². The van der Waals surface area contributed by atoms with Crippen molar-refractivity contribution in [3.05, 3.63) is 46.5 Å². The molecule has 1 amide bonds. The Morgan fingerprint density at radius 3 is 3.14 bits per heavy atom. The molecule has 28 heavy (non-hydrogen) atoms. The van der Waals surface area contributed by atoms with Gasteiger partial charge in [0.15, 0.2) is 0 Å². The molecule has 148 valence electrons. The summed E-state index contributed by atoms with van der Waals surface area (Å²) in [5, 5.41) is 7.35. The average molecular weight is 399 g/mol. The summed E-state index contributed by atoms with van der Waals surface area (Å²) in [4.78, 5) is 22.1. The van der Waals surface area contributed by atoms with Crippen LogP contribution in [0.15, 0.2) is 36.0 Å². The number of nitrogens with zero attached hydrogens (tertiary/aromatic N) is 2. The summed E-state index contributed by atoms with van der Waals surface area (Å²) in [5.41, 5.74) is 2.39. The van der Waals surface area contributed by atoms with Gasteiger partial charge in [-0.3, -0.25) is 9.69 Å². The maximum atomic E-state index is 11.8. The van der Waals surface area contributed by atoms with Gasteiger partial charge in [-0.15, -0.1) is 11.3 Å². The molecule has 2 N–H and O–H groups in total. The number of nitrogens with one attached hydrogen (secondary N) is 2. The van der Waals surface area contributed by atoms with Crippen molar-refractivity contribution < 1.29 is 9.53 Å². The van der Waals surface area contributed by atoms with Gasteiger partial charge in [0.25, 0.3) is 0 Å². The molecule has 6 nitrogen and oxygen atoms in total. The molecule has 0 unspecified atom stereocenters. The van der Waals surface area contributed by atoms with Gasteiger partial charge in [-0.05, 0) is 43.0 Å². The first-order valence-electron chi connectivity index (χ1n) is 9.67. The lowest BCUT2D eigenvalue weighted by Crippen LogP contribution is -2.42. The highest BCUT2D eigenvalue weighted by Crippen LogP contribution is 2.32. The molecule has 3 aromatic rings. The Kier molecular flexibility index (Phi) is 5.64. The van der Waals surface area contributed by atoms with Crippen LogP contribution in [-0.2, 0) is 11.3 Å². The summed E-state index contributed by atoms with van der Waals surface area (Å²) in [7, 11) is 1.69. The number of fused-ring (bicyclic) bond motifs is 1. The van der Waals surface area contributed by atoms with Gasteiger partial charge in [0.05, 0.1) is 13.2 Å². The monoisotopic (exact) mass is 398 g/mol. The first-order valence-corrected chi connectivity index (χ1v) is 10.5. The number of H-pyrrole nitrogens is 1. The molecule has 4 rings (SSSR count). The molecule has 0 radical (unpaired) electrons. The van der Waals surface area contributed by atoms with E-state index in [9.17, 15) is 4.79 Å².